The van der Waals surface area contributed by atoms with Crippen LogP contribution in [-0.2, 0) is 23.8 Å². The molecule has 2 aromatic rings. The smallest absolute Gasteiger partial charge is 0.256 e. The summed E-state index contributed by atoms with van der Waals surface area (Å²) in [5.41, 5.74) is 3.67. The van der Waals surface area contributed by atoms with Crippen molar-refractivity contribution in [1.29, 1.82) is 0 Å². The fourth-order valence-corrected chi connectivity index (χ4v) is 3.88. The van der Waals surface area contributed by atoms with Crippen molar-refractivity contribution < 1.29 is 28.6 Å². The summed E-state index contributed by atoms with van der Waals surface area (Å²) in [6, 6.07) is 15.4. The summed E-state index contributed by atoms with van der Waals surface area (Å²) in [6.45, 7) is 5.93. The van der Waals surface area contributed by atoms with Gasteiger partial charge in [0, 0.05) is 26.4 Å². The molecule has 3 rings (SSSR count). The quantitative estimate of drug-likeness (QED) is 0.220. The SMILES string of the molecule is CCO[C@@H]1[C@@H](OC)[C@H](C)O[C@@H](ON=Cc2ccc(C=Cc3ccc(C(C)=O)cc3)cc2)[C@@H]1OC. The van der Waals surface area contributed by atoms with Gasteiger partial charge in [0.2, 0.25) is 0 Å². The number of ether oxygens (including phenoxy) is 4. The Balaban J connectivity index is 1.59. The number of benzene rings is 2. The van der Waals surface area contributed by atoms with Crippen LogP contribution in [0.4, 0.5) is 0 Å². The Kier molecular flexibility index (Phi) is 9.53. The molecule has 1 fully saturated rings. The van der Waals surface area contributed by atoms with Crippen molar-refractivity contribution in [3.05, 3.63) is 70.8 Å². The van der Waals surface area contributed by atoms with Crippen molar-refractivity contribution in [2.24, 2.45) is 5.16 Å². The summed E-state index contributed by atoms with van der Waals surface area (Å²) in [5.74, 6) is 0.0624. The topological polar surface area (TPSA) is 75.6 Å². The van der Waals surface area contributed by atoms with Crippen LogP contribution >= 0.6 is 0 Å². The lowest BCUT2D eigenvalue weighted by atomic mass is 9.99. The third kappa shape index (κ3) is 6.61. The van der Waals surface area contributed by atoms with Gasteiger partial charge in [-0.1, -0.05) is 65.8 Å². The van der Waals surface area contributed by atoms with Crippen LogP contribution in [0.15, 0.2) is 53.7 Å². The molecule has 0 spiro atoms. The number of oxime groups is 1. The van der Waals surface area contributed by atoms with E-state index in [2.05, 4.69) is 5.16 Å². The molecule has 1 aliphatic rings. The maximum atomic E-state index is 11.4. The molecule has 1 heterocycles. The first-order valence-corrected chi connectivity index (χ1v) is 11.4. The Morgan fingerprint density at radius 3 is 2.00 bits per heavy atom. The van der Waals surface area contributed by atoms with Gasteiger partial charge in [-0.05, 0) is 37.5 Å². The molecule has 5 atom stereocenters. The first-order chi connectivity index (χ1) is 16.5. The molecule has 2 aromatic carbocycles. The van der Waals surface area contributed by atoms with Gasteiger partial charge in [0.15, 0.2) is 11.9 Å². The molecule has 0 radical (unpaired) electrons. The number of Topliss-reactive ketones (excluding diaryl/α,β-unsaturated/α-hetero) is 1. The normalized spacial score (nSPS) is 25.1. The minimum atomic E-state index is -0.712. The third-order valence-electron chi connectivity index (χ3n) is 5.72. The molecule has 0 bridgehead atoms. The van der Waals surface area contributed by atoms with E-state index < -0.39 is 12.4 Å². The number of carbonyl (C=O) groups is 1. The van der Waals surface area contributed by atoms with Gasteiger partial charge in [-0.3, -0.25) is 4.79 Å². The molecule has 0 amide bonds. The second kappa shape index (κ2) is 12.6. The van der Waals surface area contributed by atoms with Crippen LogP contribution in [0.1, 0.15) is 47.8 Å². The zero-order valence-corrected chi connectivity index (χ0v) is 20.3. The van der Waals surface area contributed by atoms with Gasteiger partial charge in [-0.15, -0.1) is 0 Å². The summed E-state index contributed by atoms with van der Waals surface area (Å²) >= 11 is 0. The predicted octanol–water partition coefficient (Wildman–Crippen LogP) is 4.59. The van der Waals surface area contributed by atoms with Crippen molar-refractivity contribution in [2.75, 3.05) is 20.8 Å². The van der Waals surface area contributed by atoms with E-state index in [-0.39, 0.29) is 24.1 Å². The number of carbonyl (C=O) groups excluding carboxylic acids is 1. The lowest BCUT2D eigenvalue weighted by Crippen LogP contribution is -2.59. The Morgan fingerprint density at radius 1 is 0.912 bits per heavy atom. The predicted molar refractivity (Wildman–Crippen MR) is 132 cm³/mol. The summed E-state index contributed by atoms with van der Waals surface area (Å²) in [5, 5.41) is 4.12. The summed E-state index contributed by atoms with van der Waals surface area (Å²) in [7, 11) is 3.22. The maximum absolute atomic E-state index is 11.4. The van der Waals surface area contributed by atoms with Crippen LogP contribution < -0.4 is 0 Å². The zero-order chi connectivity index (χ0) is 24.5. The van der Waals surface area contributed by atoms with Crippen LogP contribution in [-0.4, -0.2) is 63.5 Å². The van der Waals surface area contributed by atoms with Crippen LogP contribution in [0.2, 0.25) is 0 Å². The van der Waals surface area contributed by atoms with E-state index in [0.717, 1.165) is 16.7 Å². The number of nitrogens with zero attached hydrogens (tertiary/aromatic N) is 1. The van der Waals surface area contributed by atoms with Gasteiger partial charge in [0.05, 0.1) is 12.3 Å². The van der Waals surface area contributed by atoms with Gasteiger partial charge < -0.3 is 23.8 Å². The Labute approximate surface area is 201 Å². The van der Waals surface area contributed by atoms with Crippen molar-refractivity contribution >= 4 is 24.1 Å². The van der Waals surface area contributed by atoms with Crippen LogP contribution in [0, 0.1) is 0 Å². The average molecular weight is 468 g/mol. The minimum absolute atomic E-state index is 0.0624. The molecule has 0 unspecified atom stereocenters. The zero-order valence-electron chi connectivity index (χ0n) is 20.3. The number of hydrogen-bond donors (Lipinski definition) is 0. The van der Waals surface area contributed by atoms with Crippen LogP contribution in [0.5, 0.6) is 0 Å². The standard InChI is InChI=1S/C27H33NO6/c1-6-32-25-24(30-4)19(3)33-27(26(25)31-5)34-28-17-22-11-9-20(10-12-22)7-8-21-13-15-23(16-14-21)18(2)29/h7-17,19,24-27H,6H2,1-5H3/t19-,24-,25+,26+,27-/m0/s1. The van der Waals surface area contributed by atoms with E-state index >= 15 is 0 Å². The summed E-state index contributed by atoms with van der Waals surface area (Å²) in [4.78, 5) is 17.0. The van der Waals surface area contributed by atoms with Crippen molar-refractivity contribution in [1.82, 2.24) is 0 Å². The number of ketones is 1. The van der Waals surface area contributed by atoms with Crippen LogP contribution in [0.3, 0.4) is 0 Å². The Hall–Kier alpha value is -2.84. The number of rotatable bonds is 10. The first kappa shape index (κ1) is 25.8. The second-order valence-corrected chi connectivity index (χ2v) is 8.05. The van der Waals surface area contributed by atoms with E-state index in [1.807, 2.05) is 74.5 Å². The number of hydrogen-bond acceptors (Lipinski definition) is 7. The summed E-state index contributed by atoms with van der Waals surface area (Å²) < 4.78 is 22.9. The lowest BCUT2D eigenvalue weighted by molar-refractivity contribution is -0.308. The van der Waals surface area contributed by atoms with Crippen molar-refractivity contribution in [3.8, 4) is 0 Å². The summed E-state index contributed by atoms with van der Waals surface area (Å²) in [6.07, 6.45) is 3.64. The largest absolute Gasteiger partial charge is 0.376 e. The van der Waals surface area contributed by atoms with Gasteiger partial charge >= 0.3 is 0 Å². The average Bonchev–Trinajstić information content (AvgIpc) is 2.84. The molecule has 182 valence electrons. The van der Waals surface area contributed by atoms with E-state index in [1.54, 1.807) is 27.4 Å². The van der Waals surface area contributed by atoms with Gasteiger partial charge in [-0.25, -0.2) is 0 Å². The maximum Gasteiger partial charge on any atom is 0.256 e. The Morgan fingerprint density at radius 2 is 1.47 bits per heavy atom. The molecular formula is C27H33NO6. The molecule has 0 aromatic heterocycles. The van der Waals surface area contributed by atoms with E-state index in [9.17, 15) is 4.79 Å². The van der Waals surface area contributed by atoms with Gasteiger partial charge in [0.1, 0.15) is 12.2 Å². The van der Waals surface area contributed by atoms with Gasteiger partial charge in [0.25, 0.3) is 6.29 Å². The first-order valence-electron chi connectivity index (χ1n) is 11.4. The highest BCUT2D eigenvalue weighted by Gasteiger charge is 2.47. The molecule has 1 aliphatic heterocycles. The highest BCUT2D eigenvalue weighted by Crippen LogP contribution is 2.28. The van der Waals surface area contributed by atoms with Crippen molar-refractivity contribution in [3.63, 3.8) is 0 Å². The minimum Gasteiger partial charge on any atom is -0.376 e. The molecule has 0 saturated carbocycles. The fraction of sp³-hybridized carbons (Fsp3) is 0.407. The molecule has 1 saturated heterocycles. The molecule has 7 heteroatoms. The van der Waals surface area contributed by atoms with E-state index in [0.29, 0.717) is 12.2 Å². The number of methoxy groups -OCH3 is 2. The van der Waals surface area contributed by atoms with Crippen LogP contribution in [0.25, 0.3) is 12.2 Å². The molecule has 0 N–H and O–H groups in total. The van der Waals surface area contributed by atoms with E-state index in [1.165, 1.54) is 0 Å². The van der Waals surface area contributed by atoms with Gasteiger partial charge in [-0.2, -0.15) is 0 Å². The molecule has 0 aliphatic carbocycles. The molecule has 7 nitrogen and oxygen atoms in total. The molecular weight excluding hydrogens is 434 g/mol. The monoisotopic (exact) mass is 467 g/mol. The lowest BCUT2D eigenvalue weighted by Gasteiger charge is -2.42. The highest BCUT2D eigenvalue weighted by molar-refractivity contribution is 5.94. The second-order valence-electron chi connectivity index (χ2n) is 8.05. The molecule has 34 heavy (non-hydrogen) atoms. The van der Waals surface area contributed by atoms with E-state index in [4.69, 9.17) is 23.8 Å². The fourth-order valence-electron chi connectivity index (χ4n) is 3.88. The Bertz CT molecular complexity index is 970. The highest BCUT2D eigenvalue weighted by atomic mass is 16.8. The van der Waals surface area contributed by atoms with Crippen molar-refractivity contribution in [2.45, 2.75) is 51.5 Å². The third-order valence-corrected chi connectivity index (χ3v) is 5.72.